The van der Waals surface area contributed by atoms with Crippen LogP contribution in [0.5, 0.6) is 5.75 Å². The summed E-state index contributed by atoms with van der Waals surface area (Å²) in [6.07, 6.45) is 10.1. The molecule has 1 saturated heterocycles. The lowest BCUT2D eigenvalue weighted by Gasteiger charge is -2.57. The largest absolute Gasteiger partial charge is 0.493 e. The summed E-state index contributed by atoms with van der Waals surface area (Å²) in [5.74, 6) is 1.36. The topological polar surface area (TPSA) is 102 Å². The highest BCUT2D eigenvalue weighted by molar-refractivity contribution is 8.18. The number of hydrogen-bond acceptors (Lipinski definition) is 7. The molecule has 4 aliphatic carbocycles. The van der Waals surface area contributed by atoms with Crippen molar-refractivity contribution in [1.29, 1.82) is 0 Å². The molecule has 44 heavy (non-hydrogen) atoms. The zero-order valence-electron chi connectivity index (χ0n) is 25.0. The number of thioether (sulfide) groups is 1. The van der Waals surface area contributed by atoms with Crippen LogP contribution in [-0.2, 0) is 19.7 Å². The minimum atomic E-state index is -0.595. The zero-order chi connectivity index (χ0) is 31.0. The molecular weight excluding hydrogens is 600 g/mol. The summed E-state index contributed by atoms with van der Waals surface area (Å²) in [5, 5.41) is 2.32. The van der Waals surface area contributed by atoms with Crippen LogP contribution in [0.15, 0.2) is 41.3 Å². The standard InChI is InChI=1S/C34H37ClN2O6S/c1-3-9-43-32(40)26-15-25(6-7-27(26)35)36-30(38)19-37-31(39)29(44-33(37)41)14-23-13-24(5-8-28(23)42-4-2)34-16-20-10-21(17-34)12-22(11-20)18-34/h5-8,13-15,20-22H,3-4,9-12,16-19H2,1-2H3,(H,36,38)/b29-14+. The van der Waals surface area contributed by atoms with Crippen LogP contribution in [0.3, 0.4) is 0 Å². The fourth-order valence-electron chi connectivity index (χ4n) is 7.90. The van der Waals surface area contributed by atoms with Gasteiger partial charge >= 0.3 is 5.97 Å². The Balaban J connectivity index is 1.18. The van der Waals surface area contributed by atoms with Crippen molar-refractivity contribution in [2.75, 3.05) is 25.1 Å². The highest BCUT2D eigenvalue weighted by atomic mass is 35.5. The predicted molar refractivity (Wildman–Crippen MR) is 171 cm³/mol. The van der Waals surface area contributed by atoms with E-state index in [1.54, 1.807) is 6.08 Å². The van der Waals surface area contributed by atoms with Gasteiger partial charge < -0.3 is 14.8 Å². The third kappa shape index (κ3) is 6.13. The van der Waals surface area contributed by atoms with E-state index in [0.29, 0.717) is 24.5 Å². The second-order valence-electron chi connectivity index (χ2n) is 12.5. The second-order valence-corrected chi connectivity index (χ2v) is 13.9. The number of nitrogens with zero attached hydrogens (tertiary/aromatic N) is 1. The smallest absolute Gasteiger partial charge is 0.339 e. The van der Waals surface area contributed by atoms with Gasteiger partial charge in [-0.3, -0.25) is 19.3 Å². The Kier molecular flexibility index (Phi) is 8.79. The number of carbonyl (C=O) groups is 4. The van der Waals surface area contributed by atoms with Gasteiger partial charge in [-0.05, 0) is 129 Å². The molecule has 7 rings (SSSR count). The first-order valence-electron chi connectivity index (χ1n) is 15.5. The molecule has 0 unspecified atom stereocenters. The Labute approximate surface area is 266 Å². The lowest BCUT2D eigenvalue weighted by Crippen LogP contribution is -2.48. The molecule has 0 radical (unpaired) electrons. The van der Waals surface area contributed by atoms with Gasteiger partial charge in [0.25, 0.3) is 11.1 Å². The quantitative estimate of drug-likeness (QED) is 0.213. The van der Waals surface area contributed by atoms with Crippen molar-refractivity contribution in [2.45, 2.75) is 64.2 Å². The van der Waals surface area contributed by atoms with Crippen molar-refractivity contribution in [1.82, 2.24) is 4.90 Å². The number of halogens is 1. The first kappa shape index (κ1) is 30.7. The monoisotopic (exact) mass is 636 g/mol. The number of hydrogen-bond donors (Lipinski definition) is 1. The summed E-state index contributed by atoms with van der Waals surface area (Å²) in [6.45, 7) is 4.05. The molecule has 8 nitrogen and oxygen atoms in total. The van der Waals surface area contributed by atoms with E-state index in [2.05, 4.69) is 17.4 Å². The number of benzene rings is 2. The van der Waals surface area contributed by atoms with Crippen LogP contribution in [-0.4, -0.2) is 47.7 Å². The molecule has 2 aromatic rings. The number of nitrogens with one attached hydrogen (secondary N) is 1. The molecule has 232 valence electrons. The number of amides is 3. The van der Waals surface area contributed by atoms with Crippen LogP contribution in [0, 0.1) is 17.8 Å². The summed E-state index contributed by atoms with van der Waals surface area (Å²) in [5.41, 5.74) is 2.67. The maximum atomic E-state index is 13.4. The summed E-state index contributed by atoms with van der Waals surface area (Å²) < 4.78 is 11.1. The summed E-state index contributed by atoms with van der Waals surface area (Å²) in [6, 6.07) is 10.8. The third-order valence-corrected chi connectivity index (χ3v) is 10.6. The Morgan fingerprint density at radius 3 is 2.41 bits per heavy atom. The molecule has 2 aromatic carbocycles. The van der Waals surface area contributed by atoms with Gasteiger partial charge in [0.2, 0.25) is 5.91 Å². The highest BCUT2D eigenvalue weighted by Crippen LogP contribution is 2.61. The summed E-state index contributed by atoms with van der Waals surface area (Å²) >= 11 is 6.97. The Morgan fingerprint density at radius 2 is 1.75 bits per heavy atom. The molecule has 5 aliphatic rings. The van der Waals surface area contributed by atoms with E-state index in [9.17, 15) is 19.2 Å². The SMILES string of the molecule is CCCOC(=O)c1cc(NC(=O)CN2C(=O)S/C(=C/c3cc(C45CC6CC(CC(C6)C4)C5)ccc3OCC)C2=O)ccc1Cl. The van der Waals surface area contributed by atoms with Gasteiger partial charge in [-0.25, -0.2) is 4.79 Å². The lowest BCUT2D eigenvalue weighted by atomic mass is 9.48. The van der Waals surface area contributed by atoms with E-state index >= 15 is 0 Å². The Bertz CT molecular complexity index is 1500. The molecule has 1 heterocycles. The van der Waals surface area contributed by atoms with Gasteiger partial charge in [-0.15, -0.1) is 0 Å². The van der Waals surface area contributed by atoms with Crippen molar-refractivity contribution < 1.29 is 28.7 Å². The summed E-state index contributed by atoms with van der Waals surface area (Å²) in [7, 11) is 0. The molecule has 0 atom stereocenters. The van der Waals surface area contributed by atoms with Crippen molar-refractivity contribution in [3.05, 3.63) is 63.0 Å². The maximum absolute atomic E-state index is 13.4. The number of esters is 1. The van der Waals surface area contributed by atoms with Crippen molar-refractivity contribution in [3.8, 4) is 5.75 Å². The van der Waals surface area contributed by atoms with Crippen LogP contribution in [0.2, 0.25) is 5.02 Å². The molecule has 1 aliphatic heterocycles. The lowest BCUT2D eigenvalue weighted by molar-refractivity contribution is -0.127. The van der Waals surface area contributed by atoms with E-state index in [1.807, 2.05) is 19.9 Å². The summed E-state index contributed by atoms with van der Waals surface area (Å²) in [4.78, 5) is 52.7. The van der Waals surface area contributed by atoms with E-state index in [4.69, 9.17) is 21.1 Å². The number of rotatable bonds is 10. The Hall–Kier alpha value is -3.30. The predicted octanol–water partition coefficient (Wildman–Crippen LogP) is 7.45. The van der Waals surface area contributed by atoms with Gasteiger partial charge in [0.1, 0.15) is 12.3 Å². The number of carbonyl (C=O) groups excluding carboxylic acids is 4. The first-order valence-corrected chi connectivity index (χ1v) is 16.7. The van der Waals surface area contributed by atoms with Gasteiger partial charge in [-0.2, -0.15) is 0 Å². The fraction of sp³-hybridized carbons (Fsp3) is 0.471. The van der Waals surface area contributed by atoms with E-state index < -0.39 is 29.6 Å². The molecule has 5 fully saturated rings. The van der Waals surface area contributed by atoms with E-state index in [0.717, 1.165) is 40.0 Å². The fourth-order valence-corrected chi connectivity index (χ4v) is 8.92. The second kappa shape index (κ2) is 12.6. The molecule has 4 saturated carbocycles. The molecule has 0 spiro atoms. The molecule has 3 amide bonds. The zero-order valence-corrected chi connectivity index (χ0v) is 26.6. The van der Waals surface area contributed by atoms with Gasteiger partial charge in [0.05, 0.1) is 28.7 Å². The average molecular weight is 637 g/mol. The molecule has 10 heteroatoms. The minimum Gasteiger partial charge on any atom is -0.493 e. The third-order valence-electron chi connectivity index (χ3n) is 9.33. The van der Waals surface area contributed by atoms with Crippen LogP contribution < -0.4 is 10.1 Å². The number of ether oxygens (including phenoxy) is 2. The maximum Gasteiger partial charge on any atom is 0.339 e. The van der Waals surface area contributed by atoms with E-state index in [1.165, 1.54) is 62.3 Å². The van der Waals surface area contributed by atoms with Crippen LogP contribution >= 0.6 is 23.4 Å². The molecule has 4 bridgehead atoms. The van der Waals surface area contributed by atoms with Crippen LogP contribution in [0.25, 0.3) is 6.08 Å². The highest BCUT2D eigenvalue weighted by Gasteiger charge is 2.51. The van der Waals surface area contributed by atoms with Gasteiger partial charge in [0, 0.05) is 11.3 Å². The van der Waals surface area contributed by atoms with Crippen LogP contribution in [0.4, 0.5) is 10.5 Å². The Morgan fingerprint density at radius 1 is 1.05 bits per heavy atom. The molecular formula is C34H37ClN2O6S. The van der Waals surface area contributed by atoms with Gasteiger partial charge in [-0.1, -0.05) is 24.6 Å². The van der Waals surface area contributed by atoms with Crippen molar-refractivity contribution in [2.24, 2.45) is 17.8 Å². The van der Waals surface area contributed by atoms with Crippen LogP contribution in [0.1, 0.15) is 80.3 Å². The van der Waals surface area contributed by atoms with Gasteiger partial charge in [0.15, 0.2) is 0 Å². The van der Waals surface area contributed by atoms with E-state index in [-0.39, 0.29) is 27.5 Å². The minimum absolute atomic E-state index is 0.118. The number of imide groups is 1. The normalized spacial score (nSPS) is 26.4. The van der Waals surface area contributed by atoms with Crippen molar-refractivity contribution in [3.63, 3.8) is 0 Å². The van der Waals surface area contributed by atoms with Crippen molar-refractivity contribution >= 4 is 58.1 Å². The molecule has 1 N–H and O–H groups in total. The number of anilines is 1. The average Bonchev–Trinajstić information content (AvgIpc) is 3.24. The molecule has 0 aromatic heterocycles. The first-order chi connectivity index (χ1) is 21.2.